The van der Waals surface area contributed by atoms with Crippen LogP contribution in [0.25, 0.3) is 0 Å². The van der Waals surface area contributed by atoms with E-state index < -0.39 is 11.7 Å². The fraction of sp³-hybridized carbons (Fsp3) is 0.621. The van der Waals surface area contributed by atoms with E-state index in [0.717, 1.165) is 38.5 Å². The number of alkyl halides is 3. The van der Waals surface area contributed by atoms with Crippen LogP contribution < -0.4 is 4.74 Å². The van der Waals surface area contributed by atoms with Gasteiger partial charge in [-0.05, 0) is 82.4 Å². The third-order valence-corrected chi connectivity index (χ3v) is 5.54. The molecule has 0 saturated heterocycles. The quantitative estimate of drug-likeness (QED) is 0.174. The number of allylic oxidation sites excluding steroid dienone is 3. The second-order valence-corrected chi connectivity index (χ2v) is 8.58. The molecule has 1 aromatic carbocycles. The van der Waals surface area contributed by atoms with Gasteiger partial charge in [0, 0.05) is 13.5 Å². The van der Waals surface area contributed by atoms with Crippen LogP contribution in [0, 0.1) is 11.8 Å². The number of rotatable bonds is 12. The molecule has 0 bridgehead atoms. The fourth-order valence-corrected chi connectivity index (χ4v) is 3.96. The van der Waals surface area contributed by atoms with Crippen LogP contribution in [0.3, 0.4) is 0 Å². The predicted octanol–water partition coefficient (Wildman–Crippen LogP) is 8.15. The first-order valence-corrected chi connectivity index (χ1v) is 13.0. The summed E-state index contributed by atoms with van der Waals surface area (Å²) in [4.78, 5) is 11.5. The number of esters is 1. The highest BCUT2D eigenvalue weighted by atomic mass is 19.4. The van der Waals surface area contributed by atoms with Gasteiger partial charge in [0.05, 0.1) is 18.3 Å². The monoisotopic (exact) mass is 514 g/mol. The van der Waals surface area contributed by atoms with Crippen molar-refractivity contribution in [3.8, 4) is 5.75 Å². The highest BCUT2D eigenvalue weighted by molar-refractivity contribution is 5.69. The summed E-state index contributed by atoms with van der Waals surface area (Å²) in [5, 5.41) is 7.00. The van der Waals surface area contributed by atoms with Crippen LogP contribution >= 0.6 is 0 Å². The molecule has 206 valence electrons. The van der Waals surface area contributed by atoms with Crippen LogP contribution in [0.5, 0.6) is 5.75 Å². The van der Waals surface area contributed by atoms with Crippen molar-refractivity contribution in [2.24, 2.45) is 11.8 Å². The Kier molecular flexibility index (Phi) is 18.6. The smallest absolute Gasteiger partial charge is 0.416 e. The summed E-state index contributed by atoms with van der Waals surface area (Å²) >= 11 is 0. The molecule has 0 aliphatic heterocycles. The van der Waals surface area contributed by atoms with Crippen molar-refractivity contribution in [3.63, 3.8) is 0 Å². The average Bonchev–Trinajstić information content (AvgIpc) is 3.30. The lowest BCUT2D eigenvalue weighted by Gasteiger charge is -2.14. The van der Waals surface area contributed by atoms with Crippen LogP contribution in [0.1, 0.15) is 84.6 Å². The van der Waals surface area contributed by atoms with Crippen LogP contribution in [-0.2, 0) is 15.7 Å². The van der Waals surface area contributed by atoms with Gasteiger partial charge < -0.3 is 14.6 Å². The van der Waals surface area contributed by atoms with Crippen molar-refractivity contribution in [3.05, 3.63) is 54.1 Å². The summed E-state index contributed by atoms with van der Waals surface area (Å²) < 4.78 is 48.9. The lowest BCUT2D eigenvalue weighted by molar-refractivity contribution is -0.147. The first-order chi connectivity index (χ1) is 17.3. The Morgan fingerprint density at radius 1 is 1.11 bits per heavy atom. The molecule has 1 saturated carbocycles. The molecule has 1 aliphatic carbocycles. The minimum absolute atomic E-state index is 0.0578. The van der Waals surface area contributed by atoms with Crippen molar-refractivity contribution in [1.82, 2.24) is 0 Å². The third-order valence-electron chi connectivity index (χ3n) is 5.54. The summed E-state index contributed by atoms with van der Waals surface area (Å²) in [6, 6.07) is 4.99. The molecule has 0 spiro atoms. The molecular formula is C29H45F3O4. The predicted molar refractivity (Wildman–Crippen MR) is 140 cm³/mol. The van der Waals surface area contributed by atoms with Gasteiger partial charge in [-0.15, -0.1) is 0 Å². The van der Waals surface area contributed by atoms with Gasteiger partial charge >= 0.3 is 12.1 Å². The van der Waals surface area contributed by atoms with E-state index in [-0.39, 0.29) is 17.8 Å². The van der Waals surface area contributed by atoms with Gasteiger partial charge in [-0.1, -0.05) is 50.6 Å². The molecule has 2 rings (SSSR count). The number of aliphatic hydroxyl groups is 1. The molecule has 0 amide bonds. The SMILES string of the molecule is CC.CC(C)OC(=O)CCC/C=C\C[C@H]1CCCC1/C=C/CCOc1cccc(C(F)(F)F)c1.CO. The number of carbonyl (C=O) groups excluding carboxylic acids is 1. The first kappa shape index (κ1) is 33.7. The second kappa shape index (κ2) is 19.9. The fourth-order valence-electron chi connectivity index (χ4n) is 3.96. The maximum Gasteiger partial charge on any atom is 0.416 e. The van der Waals surface area contributed by atoms with Gasteiger partial charge in [0.2, 0.25) is 0 Å². The minimum Gasteiger partial charge on any atom is -0.493 e. The molecule has 36 heavy (non-hydrogen) atoms. The largest absolute Gasteiger partial charge is 0.493 e. The maximum atomic E-state index is 12.8. The van der Waals surface area contributed by atoms with Gasteiger partial charge in [-0.2, -0.15) is 13.2 Å². The van der Waals surface area contributed by atoms with Crippen LogP contribution in [0.2, 0.25) is 0 Å². The molecule has 4 nitrogen and oxygen atoms in total. The van der Waals surface area contributed by atoms with Gasteiger partial charge in [-0.25, -0.2) is 0 Å². The number of hydrogen-bond acceptors (Lipinski definition) is 4. The van der Waals surface area contributed by atoms with Crippen molar-refractivity contribution in [1.29, 1.82) is 0 Å². The van der Waals surface area contributed by atoms with E-state index in [2.05, 4.69) is 24.3 Å². The molecule has 1 fully saturated rings. The van der Waals surface area contributed by atoms with Gasteiger partial charge in [-0.3, -0.25) is 4.79 Å². The zero-order chi connectivity index (χ0) is 27.4. The first-order valence-electron chi connectivity index (χ1n) is 13.0. The van der Waals surface area contributed by atoms with Crippen molar-refractivity contribution >= 4 is 5.97 Å². The molecule has 1 N–H and O–H groups in total. The Bertz CT molecular complexity index is 757. The van der Waals surface area contributed by atoms with E-state index >= 15 is 0 Å². The number of carbonyl (C=O) groups is 1. The lowest BCUT2D eigenvalue weighted by Crippen LogP contribution is -2.10. The maximum absolute atomic E-state index is 12.8. The molecular weight excluding hydrogens is 469 g/mol. The van der Waals surface area contributed by atoms with Gasteiger partial charge in [0.1, 0.15) is 5.75 Å². The highest BCUT2D eigenvalue weighted by Gasteiger charge is 2.30. The number of halogens is 3. The van der Waals surface area contributed by atoms with Crippen molar-refractivity contribution in [2.45, 2.75) is 91.3 Å². The Morgan fingerprint density at radius 3 is 2.50 bits per heavy atom. The zero-order valence-corrected chi connectivity index (χ0v) is 22.5. The second-order valence-electron chi connectivity index (χ2n) is 8.58. The Balaban J connectivity index is 0.00000291. The average molecular weight is 515 g/mol. The van der Waals surface area contributed by atoms with E-state index in [0.29, 0.717) is 31.3 Å². The number of benzene rings is 1. The van der Waals surface area contributed by atoms with Gasteiger partial charge in [0.15, 0.2) is 0 Å². The summed E-state index contributed by atoms with van der Waals surface area (Å²) in [6.45, 7) is 8.07. The molecule has 0 aromatic heterocycles. The Morgan fingerprint density at radius 2 is 1.83 bits per heavy atom. The lowest BCUT2D eigenvalue weighted by atomic mass is 9.92. The Labute approximate surface area is 215 Å². The van der Waals surface area contributed by atoms with E-state index in [1.54, 1.807) is 6.07 Å². The van der Waals surface area contributed by atoms with E-state index in [1.165, 1.54) is 25.3 Å². The molecule has 1 unspecified atom stereocenters. The van der Waals surface area contributed by atoms with Crippen molar-refractivity contribution < 1.29 is 32.5 Å². The normalized spacial score (nSPS) is 17.5. The number of unbranched alkanes of at least 4 members (excludes halogenated alkanes) is 1. The van der Waals surface area contributed by atoms with Gasteiger partial charge in [0.25, 0.3) is 0 Å². The zero-order valence-electron chi connectivity index (χ0n) is 22.5. The van der Waals surface area contributed by atoms with Crippen LogP contribution in [0.15, 0.2) is 48.6 Å². The molecule has 0 heterocycles. The third kappa shape index (κ3) is 15.0. The number of hydrogen-bond donors (Lipinski definition) is 1. The number of aliphatic hydroxyl groups excluding tert-OH is 1. The highest BCUT2D eigenvalue weighted by Crippen LogP contribution is 2.35. The van der Waals surface area contributed by atoms with E-state index in [1.807, 2.05) is 27.7 Å². The molecule has 1 aromatic rings. The standard InChI is InChI=1S/C26H35F3O3.C2H6.CH4O/c1-20(2)32-25(30)17-6-4-3-5-11-21-13-9-14-22(21)12-7-8-18-31-24-16-10-15-23(19-24)26(27,28)29;2*1-2/h3,5,7,10,12,15-16,19-22H,4,6,8-9,11,13-14,17-18H2,1-2H3;1-2H3;2H,1H3/b5-3-,12-7+;;/t21-,22?;;/m0../s1. The van der Waals surface area contributed by atoms with Crippen LogP contribution in [0.4, 0.5) is 13.2 Å². The van der Waals surface area contributed by atoms with Crippen LogP contribution in [-0.4, -0.2) is 30.9 Å². The van der Waals surface area contributed by atoms with Crippen molar-refractivity contribution in [2.75, 3.05) is 13.7 Å². The molecule has 2 atom stereocenters. The molecule has 1 aliphatic rings. The van der Waals surface area contributed by atoms with E-state index in [9.17, 15) is 18.0 Å². The summed E-state index contributed by atoms with van der Waals surface area (Å²) in [6.07, 6.45) is 11.7. The summed E-state index contributed by atoms with van der Waals surface area (Å²) in [7, 11) is 1.00. The molecule has 7 heteroatoms. The Hall–Kier alpha value is -2.28. The number of ether oxygens (including phenoxy) is 2. The molecule has 0 radical (unpaired) electrons. The summed E-state index contributed by atoms with van der Waals surface area (Å²) in [5.41, 5.74) is -0.692. The summed E-state index contributed by atoms with van der Waals surface area (Å²) in [5.74, 6) is 1.27. The van der Waals surface area contributed by atoms with E-state index in [4.69, 9.17) is 14.6 Å². The topological polar surface area (TPSA) is 55.8 Å². The minimum atomic E-state index is -4.36.